The van der Waals surface area contributed by atoms with Gasteiger partial charge in [-0.2, -0.15) is 4.98 Å². The van der Waals surface area contributed by atoms with Gasteiger partial charge in [0.15, 0.2) is 0 Å². The molecule has 6 N–H and O–H groups in total. The monoisotopic (exact) mass is 409 g/mol. The van der Waals surface area contributed by atoms with Crippen molar-refractivity contribution in [3.63, 3.8) is 0 Å². The highest BCUT2D eigenvalue weighted by atomic mass is 16.4. The summed E-state index contributed by atoms with van der Waals surface area (Å²) in [5.74, 6) is 1.27. The van der Waals surface area contributed by atoms with Crippen LogP contribution < -0.4 is 16.4 Å². The fraction of sp³-hybridized carbons (Fsp3) is 0.700. The van der Waals surface area contributed by atoms with Crippen molar-refractivity contribution in [2.75, 3.05) is 23.7 Å². The Bertz CT molecular complexity index is 676. The molecule has 9 nitrogen and oxygen atoms in total. The van der Waals surface area contributed by atoms with Crippen LogP contribution in [0.2, 0.25) is 0 Å². The Morgan fingerprint density at radius 3 is 2.24 bits per heavy atom. The lowest BCUT2D eigenvalue weighted by atomic mass is 9.82. The van der Waals surface area contributed by atoms with Crippen molar-refractivity contribution in [3.05, 3.63) is 11.3 Å². The van der Waals surface area contributed by atoms with E-state index in [1.165, 1.54) is 24.1 Å². The summed E-state index contributed by atoms with van der Waals surface area (Å²) in [5.41, 5.74) is 14.5. The third kappa shape index (κ3) is 9.08. The van der Waals surface area contributed by atoms with Gasteiger partial charge in [0.25, 0.3) is 11.9 Å². The first-order chi connectivity index (χ1) is 13.5. The number of aromatic nitrogens is 2. The third-order valence-corrected chi connectivity index (χ3v) is 4.70. The number of hydrogen-bond donors (Lipinski definition) is 4. The lowest BCUT2D eigenvalue weighted by Crippen LogP contribution is -2.30. The Kier molecular flexibility index (Phi) is 9.80. The van der Waals surface area contributed by atoms with Crippen LogP contribution in [-0.2, 0) is 22.4 Å². The zero-order chi connectivity index (χ0) is 22.1. The molecule has 2 aliphatic rings. The standard InChI is InChI=1S/C16H27N5.2C2H4O2/c1-10(2)7-11-3-4-13-14(8-11)19-16(18)20-15(13)21-6-5-12(17)9-21;2*1-2(3)4/h10-12H,3-9,17H2,1-2H3,(H2,18,19,20);2*1H3,(H,3,4). The smallest absolute Gasteiger partial charge is 0.300 e. The van der Waals surface area contributed by atoms with Crippen LogP contribution in [0.4, 0.5) is 11.8 Å². The van der Waals surface area contributed by atoms with Gasteiger partial charge in [0.1, 0.15) is 5.82 Å². The zero-order valence-electron chi connectivity index (χ0n) is 17.9. The average molecular weight is 410 g/mol. The van der Waals surface area contributed by atoms with Crippen molar-refractivity contribution >= 4 is 23.7 Å². The fourth-order valence-corrected chi connectivity index (χ4v) is 3.79. The number of carbonyl (C=O) groups is 2. The molecule has 2 heterocycles. The van der Waals surface area contributed by atoms with Crippen LogP contribution in [0.1, 0.15) is 58.2 Å². The molecule has 1 aliphatic carbocycles. The highest BCUT2D eigenvalue weighted by molar-refractivity contribution is 5.63. The van der Waals surface area contributed by atoms with Crippen molar-refractivity contribution < 1.29 is 19.8 Å². The Hall–Kier alpha value is -2.42. The molecule has 0 bridgehead atoms. The number of rotatable bonds is 3. The second-order valence-corrected chi connectivity index (χ2v) is 8.10. The van der Waals surface area contributed by atoms with Gasteiger partial charge in [-0.15, -0.1) is 0 Å². The van der Waals surface area contributed by atoms with E-state index in [4.69, 9.17) is 31.3 Å². The van der Waals surface area contributed by atoms with Crippen LogP contribution in [0.3, 0.4) is 0 Å². The molecule has 9 heteroatoms. The van der Waals surface area contributed by atoms with E-state index in [2.05, 4.69) is 28.7 Å². The van der Waals surface area contributed by atoms with Crippen molar-refractivity contribution in [2.24, 2.45) is 17.6 Å². The maximum Gasteiger partial charge on any atom is 0.300 e. The average Bonchev–Trinajstić information content (AvgIpc) is 2.98. The minimum Gasteiger partial charge on any atom is -0.481 e. The summed E-state index contributed by atoms with van der Waals surface area (Å²) < 4.78 is 0. The molecule has 2 unspecified atom stereocenters. The van der Waals surface area contributed by atoms with Crippen molar-refractivity contribution in [1.82, 2.24) is 9.97 Å². The maximum atomic E-state index is 9.00. The predicted molar refractivity (Wildman–Crippen MR) is 113 cm³/mol. The number of carboxylic acids is 2. The van der Waals surface area contributed by atoms with E-state index in [1.54, 1.807) is 0 Å². The van der Waals surface area contributed by atoms with Crippen LogP contribution in [0, 0.1) is 11.8 Å². The van der Waals surface area contributed by atoms with Crippen LogP contribution in [0.5, 0.6) is 0 Å². The lowest BCUT2D eigenvalue weighted by molar-refractivity contribution is -0.135. The van der Waals surface area contributed by atoms with E-state index < -0.39 is 11.9 Å². The van der Waals surface area contributed by atoms with Crippen LogP contribution in [0.25, 0.3) is 0 Å². The van der Waals surface area contributed by atoms with Crippen LogP contribution in [0.15, 0.2) is 0 Å². The minimum atomic E-state index is -0.833. The van der Waals surface area contributed by atoms with Crippen molar-refractivity contribution in [3.8, 4) is 0 Å². The quantitative estimate of drug-likeness (QED) is 0.585. The van der Waals surface area contributed by atoms with E-state index >= 15 is 0 Å². The largest absolute Gasteiger partial charge is 0.481 e. The molecule has 0 saturated carbocycles. The Balaban J connectivity index is 0.000000452. The summed E-state index contributed by atoms with van der Waals surface area (Å²) in [5, 5.41) is 14.8. The van der Waals surface area contributed by atoms with Gasteiger partial charge in [-0.05, 0) is 43.9 Å². The minimum absolute atomic E-state index is 0.258. The van der Waals surface area contributed by atoms with Gasteiger partial charge in [-0.25, -0.2) is 4.98 Å². The van der Waals surface area contributed by atoms with Gasteiger partial charge in [0, 0.05) is 38.5 Å². The van der Waals surface area contributed by atoms with Gasteiger partial charge in [0.05, 0.1) is 5.69 Å². The highest BCUT2D eigenvalue weighted by Crippen LogP contribution is 2.34. The molecule has 3 rings (SSSR count). The Labute approximate surface area is 172 Å². The molecule has 0 radical (unpaired) electrons. The molecular weight excluding hydrogens is 374 g/mol. The number of anilines is 2. The molecular formula is C20H35N5O4. The number of carboxylic acid groups (broad SMARTS) is 2. The number of nitrogens with two attached hydrogens (primary N) is 2. The van der Waals surface area contributed by atoms with E-state index in [-0.39, 0.29) is 6.04 Å². The molecule has 1 saturated heterocycles. The predicted octanol–water partition coefficient (Wildman–Crippen LogP) is 1.93. The van der Waals surface area contributed by atoms with Gasteiger partial charge < -0.3 is 26.6 Å². The first kappa shape index (κ1) is 24.6. The lowest BCUT2D eigenvalue weighted by Gasteiger charge is -2.29. The second-order valence-electron chi connectivity index (χ2n) is 8.10. The number of nitrogen functional groups attached to an aromatic ring is 1. The van der Waals surface area contributed by atoms with Crippen LogP contribution >= 0.6 is 0 Å². The van der Waals surface area contributed by atoms with Crippen molar-refractivity contribution in [1.29, 1.82) is 0 Å². The first-order valence-electron chi connectivity index (χ1n) is 10.0. The second kappa shape index (κ2) is 11.5. The summed E-state index contributed by atoms with van der Waals surface area (Å²) >= 11 is 0. The number of hydrogen-bond acceptors (Lipinski definition) is 7. The molecule has 0 amide bonds. The number of nitrogens with zero attached hydrogens (tertiary/aromatic N) is 3. The molecule has 1 aromatic heterocycles. The topological polar surface area (TPSA) is 156 Å². The van der Waals surface area contributed by atoms with E-state index in [1.807, 2.05) is 0 Å². The molecule has 2 atom stereocenters. The Morgan fingerprint density at radius 2 is 1.76 bits per heavy atom. The first-order valence-corrected chi connectivity index (χ1v) is 10.0. The summed E-state index contributed by atoms with van der Waals surface area (Å²) in [7, 11) is 0. The molecule has 0 aromatic carbocycles. The molecule has 0 spiro atoms. The molecule has 164 valence electrons. The van der Waals surface area contributed by atoms with Crippen LogP contribution in [-0.4, -0.2) is 51.3 Å². The van der Waals surface area contributed by atoms with Gasteiger partial charge in [0.2, 0.25) is 5.95 Å². The zero-order valence-corrected chi connectivity index (χ0v) is 17.9. The highest BCUT2D eigenvalue weighted by Gasteiger charge is 2.28. The molecule has 1 aliphatic heterocycles. The van der Waals surface area contributed by atoms with Gasteiger partial charge in [-0.1, -0.05) is 13.8 Å². The summed E-state index contributed by atoms with van der Waals surface area (Å²) in [6, 6.07) is 0.258. The normalized spacial score (nSPS) is 20.1. The maximum absolute atomic E-state index is 9.00. The van der Waals surface area contributed by atoms with Gasteiger partial charge in [-0.3, -0.25) is 9.59 Å². The molecule has 1 fully saturated rings. The van der Waals surface area contributed by atoms with E-state index in [0.29, 0.717) is 5.95 Å². The fourth-order valence-electron chi connectivity index (χ4n) is 3.79. The van der Waals surface area contributed by atoms with E-state index in [0.717, 1.165) is 63.9 Å². The van der Waals surface area contributed by atoms with Gasteiger partial charge >= 0.3 is 0 Å². The Morgan fingerprint density at radius 1 is 1.17 bits per heavy atom. The molecule has 29 heavy (non-hydrogen) atoms. The molecule has 1 aromatic rings. The van der Waals surface area contributed by atoms with E-state index in [9.17, 15) is 0 Å². The summed E-state index contributed by atoms with van der Waals surface area (Å²) in [6.07, 6.45) is 5.68. The number of aliphatic carboxylic acids is 2. The summed E-state index contributed by atoms with van der Waals surface area (Å²) in [6.45, 7) is 8.62. The van der Waals surface area contributed by atoms with Crippen molar-refractivity contribution in [2.45, 2.75) is 65.8 Å². The third-order valence-electron chi connectivity index (χ3n) is 4.70. The summed E-state index contributed by atoms with van der Waals surface area (Å²) in [4.78, 5) is 29.4. The SMILES string of the molecule is CC(=O)O.CC(=O)O.CC(C)CC1CCc2c(nc(N)nc2N2CCC(N)C2)C1. The number of fused-ring (bicyclic) bond motifs is 1.